The average Bonchev–Trinajstić information content (AvgIpc) is 3.06. The second-order valence-electron chi connectivity index (χ2n) is 6.38. The van der Waals surface area contributed by atoms with Crippen LogP contribution in [0.4, 0.5) is 10.1 Å². The van der Waals surface area contributed by atoms with Crippen molar-refractivity contribution in [2.24, 2.45) is 4.99 Å². The molecule has 136 valence electrons. The van der Waals surface area contributed by atoms with Gasteiger partial charge in [0.05, 0.1) is 23.6 Å². The van der Waals surface area contributed by atoms with Crippen LogP contribution in [0.1, 0.15) is 5.56 Å². The van der Waals surface area contributed by atoms with Crippen molar-refractivity contribution in [2.75, 3.05) is 16.4 Å². The number of anilines is 1. The van der Waals surface area contributed by atoms with Crippen LogP contribution in [0.5, 0.6) is 0 Å². The van der Waals surface area contributed by atoms with Gasteiger partial charge in [0.25, 0.3) is 0 Å². The van der Waals surface area contributed by atoms with Gasteiger partial charge in [-0.3, -0.25) is 4.99 Å². The number of amidine groups is 1. The summed E-state index contributed by atoms with van der Waals surface area (Å²) in [7, 11) is -3.08. The lowest BCUT2D eigenvalue weighted by Gasteiger charge is -2.26. The standard InChI is InChI=1S/C18H16ClFN2O2S2/c19-13-3-7-15(8-4-13)22-17-11-26(23,24)10-16(17)21-18(22)25-9-12-1-5-14(20)6-2-12/h1-8,16-17H,9-11H2/t16-,17-/m1/s1. The molecule has 2 heterocycles. The number of sulfone groups is 1. The summed E-state index contributed by atoms with van der Waals surface area (Å²) in [6, 6.07) is 13.3. The van der Waals surface area contributed by atoms with Crippen LogP contribution in [0.25, 0.3) is 0 Å². The average molecular weight is 411 g/mol. The third-order valence-electron chi connectivity index (χ3n) is 4.49. The summed E-state index contributed by atoms with van der Waals surface area (Å²) in [4.78, 5) is 6.68. The van der Waals surface area contributed by atoms with E-state index in [2.05, 4.69) is 4.99 Å². The molecule has 2 aromatic rings. The fourth-order valence-corrected chi connectivity index (χ4v) is 6.31. The van der Waals surface area contributed by atoms with E-state index in [1.54, 1.807) is 24.3 Å². The molecule has 2 aliphatic rings. The Labute approximate surface area is 161 Å². The summed E-state index contributed by atoms with van der Waals surface area (Å²) in [6.45, 7) is 0. The Morgan fingerprint density at radius 1 is 1.12 bits per heavy atom. The minimum absolute atomic E-state index is 0.0857. The Kier molecular flexibility index (Phi) is 4.71. The summed E-state index contributed by atoms with van der Waals surface area (Å²) in [5.74, 6) is 0.557. The summed E-state index contributed by atoms with van der Waals surface area (Å²) < 4.78 is 37.1. The molecule has 2 aromatic carbocycles. The summed E-state index contributed by atoms with van der Waals surface area (Å²) >= 11 is 7.52. The lowest BCUT2D eigenvalue weighted by atomic mass is 10.1. The maximum atomic E-state index is 13.1. The first kappa shape index (κ1) is 17.8. The van der Waals surface area contributed by atoms with Crippen LogP contribution in [0, 0.1) is 5.82 Å². The van der Waals surface area contributed by atoms with Gasteiger partial charge in [-0.05, 0) is 42.0 Å². The largest absolute Gasteiger partial charge is 0.315 e. The van der Waals surface area contributed by atoms with Crippen molar-refractivity contribution < 1.29 is 12.8 Å². The van der Waals surface area contributed by atoms with Gasteiger partial charge in [0.15, 0.2) is 15.0 Å². The van der Waals surface area contributed by atoms with E-state index in [1.165, 1.54) is 23.9 Å². The fraction of sp³-hybridized carbons (Fsp3) is 0.278. The zero-order chi connectivity index (χ0) is 18.3. The molecule has 0 aromatic heterocycles. The molecule has 0 unspecified atom stereocenters. The molecule has 1 fully saturated rings. The number of thioether (sulfide) groups is 1. The van der Waals surface area contributed by atoms with Gasteiger partial charge < -0.3 is 4.90 Å². The summed E-state index contributed by atoms with van der Waals surface area (Å²) in [5, 5.41) is 1.42. The number of halogens is 2. The summed E-state index contributed by atoms with van der Waals surface area (Å²) in [6.07, 6.45) is 0. The first-order chi connectivity index (χ1) is 12.4. The predicted octanol–water partition coefficient (Wildman–Crippen LogP) is 3.75. The van der Waals surface area contributed by atoms with E-state index >= 15 is 0 Å². The molecule has 0 bridgehead atoms. The highest BCUT2D eigenvalue weighted by Crippen LogP contribution is 2.36. The highest BCUT2D eigenvalue weighted by Gasteiger charge is 2.47. The zero-order valence-electron chi connectivity index (χ0n) is 13.7. The predicted molar refractivity (Wildman–Crippen MR) is 105 cm³/mol. The number of fused-ring (bicyclic) bond motifs is 1. The molecule has 1 saturated heterocycles. The first-order valence-electron chi connectivity index (χ1n) is 8.11. The van der Waals surface area contributed by atoms with Crippen molar-refractivity contribution in [3.8, 4) is 0 Å². The van der Waals surface area contributed by atoms with E-state index in [9.17, 15) is 12.8 Å². The first-order valence-corrected chi connectivity index (χ1v) is 11.3. The summed E-state index contributed by atoms with van der Waals surface area (Å²) in [5.41, 5.74) is 1.86. The molecule has 0 radical (unpaired) electrons. The molecule has 26 heavy (non-hydrogen) atoms. The lowest BCUT2D eigenvalue weighted by molar-refractivity contribution is 0.601. The lowest BCUT2D eigenvalue weighted by Crippen LogP contribution is -2.39. The number of aliphatic imine (C=N–C) groups is 1. The maximum absolute atomic E-state index is 13.1. The van der Waals surface area contributed by atoms with Gasteiger partial charge >= 0.3 is 0 Å². The van der Waals surface area contributed by atoms with Crippen LogP contribution in [-0.4, -0.2) is 37.2 Å². The molecule has 0 amide bonds. The van der Waals surface area contributed by atoms with Crippen LogP contribution < -0.4 is 4.90 Å². The molecule has 0 saturated carbocycles. The van der Waals surface area contributed by atoms with Crippen LogP contribution in [0.3, 0.4) is 0 Å². The highest BCUT2D eigenvalue weighted by atomic mass is 35.5. The van der Waals surface area contributed by atoms with Crippen molar-refractivity contribution in [3.05, 3.63) is 64.9 Å². The molecule has 4 rings (SSSR count). The van der Waals surface area contributed by atoms with E-state index in [-0.39, 0.29) is 29.4 Å². The molecule has 0 N–H and O–H groups in total. The number of benzene rings is 2. The number of hydrogen-bond acceptors (Lipinski definition) is 5. The smallest absolute Gasteiger partial charge is 0.164 e. The second kappa shape index (κ2) is 6.87. The topological polar surface area (TPSA) is 49.7 Å². The minimum Gasteiger partial charge on any atom is -0.315 e. The molecule has 0 aliphatic carbocycles. The molecule has 2 atom stereocenters. The van der Waals surface area contributed by atoms with Crippen molar-refractivity contribution in [1.82, 2.24) is 0 Å². The Hall–Kier alpha value is -1.57. The van der Waals surface area contributed by atoms with E-state index in [4.69, 9.17) is 11.6 Å². The third kappa shape index (κ3) is 3.61. The van der Waals surface area contributed by atoms with Gasteiger partial charge in [0.1, 0.15) is 5.82 Å². The van der Waals surface area contributed by atoms with Crippen LogP contribution in [-0.2, 0) is 15.6 Å². The molecule has 2 aliphatic heterocycles. The number of nitrogens with zero attached hydrogens (tertiary/aromatic N) is 2. The normalized spacial score (nSPS) is 23.8. The number of hydrogen-bond donors (Lipinski definition) is 0. The van der Waals surface area contributed by atoms with Gasteiger partial charge in [-0.15, -0.1) is 0 Å². The van der Waals surface area contributed by atoms with Crippen LogP contribution in [0.15, 0.2) is 53.5 Å². The van der Waals surface area contributed by atoms with Crippen molar-refractivity contribution in [2.45, 2.75) is 17.8 Å². The van der Waals surface area contributed by atoms with Gasteiger partial charge in [-0.1, -0.05) is 35.5 Å². The second-order valence-corrected chi connectivity index (χ2v) is 9.92. The Bertz CT molecular complexity index is 946. The van der Waals surface area contributed by atoms with Gasteiger partial charge in [-0.25, -0.2) is 12.8 Å². The molecule has 8 heteroatoms. The third-order valence-corrected chi connectivity index (χ3v) is 7.48. The van der Waals surface area contributed by atoms with Crippen LogP contribution in [0.2, 0.25) is 5.02 Å². The Morgan fingerprint density at radius 3 is 2.50 bits per heavy atom. The fourth-order valence-electron chi connectivity index (χ4n) is 3.27. The van der Waals surface area contributed by atoms with Gasteiger partial charge in [0.2, 0.25) is 0 Å². The van der Waals surface area contributed by atoms with Gasteiger partial charge in [0, 0.05) is 16.5 Å². The van der Waals surface area contributed by atoms with Crippen LogP contribution >= 0.6 is 23.4 Å². The van der Waals surface area contributed by atoms with E-state index < -0.39 is 9.84 Å². The van der Waals surface area contributed by atoms with E-state index in [0.29, 0.717) is 10.8 Å². The zero-order valence-corrected chi connectivity index (χ0v) is 16.1. The Balaban J connectivity index is 1.60. The van der Waals surface area contributed by atoms with E-state index in [1.807, 2.05) is 17.0 Å². The molecule has 0 spiro atoms. The maximum Gasteiger partial charge on any atom is 0.164 e. The number of rotatable bonds is 3. The van der Waals surface area contributed by atoms with Gasteiger partial charge in [-0.2, -0.15) is 0 Å². The Morgan fingerprint density at radius 2 is 1.81 bits per heavy atom. The molecule has 4 nitrogen and oxygen atoms in total. The van der Waals surface area contributed by atoms with Crippen molar-refractivity contribution in [1.29, 1.82) is 0 Å². The SMILES string of the molecule is O=S1(=O)C[C@@H]2[C@@H](C1)N=C(SCc1ccc(F)cc1)N2c1ccc(Cl)cc1. The monoisotopic (exact) mass is 410 g/mol. The van der Waals surface area contributed by atoms with E-state index in [0.717, 1.165) is 16.4 Å². The van der Waals surface area contributed by atoms with Crippen molar-refractivity contribution in [3.63, 3.8) is 0 Å². The molecular formula is C18H16ClFN2O2S2. The molecular weight excluding hydrogens is 395 g/mol. The quantitative estimate of drug-likeness (QED) is 0.773. The minimum atomic E-state index is -3.08. The van der Waals surface area contributed by atoms with Crippen molar-refractivity contribution >= 4 is 44.1 Å². The highest BCUT2D eigenvalue weighted by molar-refractivity contribution is 8.13.